The van der Waals surface area contributed by atoms with Crippen LogP contribution >= 0.6 is 11.3 Å². The first-order chi connectivity index (χ1) is 42.2. The van der Waals surface area contributed by atoms with E-state index in [0.717, 1.165) is 147 Å². The van der Waals surface area contributed by atoms with Crippen molar-refractivity contribution in [2.75, 3.05) is 0 Å². The third kappa shape index (κ3) is 6.95. The molecule has 85 heavy (non-hydrogen) atoms. The minimum Gasteiger partial charge on any atom is -0.306 e. The van der Waals surface area contributed by atoms with Gasteiger partial charge in [-0.1, -0.05) is 146 Å². The molecule has 0 unspecified atom stereocenters. The van der Waals surface area contributed by atoms with E-state index in [1.54, 1.807) is 11.3 Å². The molecule has 0 radical (unpaired) electrons. The van der Waals surface area contributed by atoms with Crippen molar-refractivity contribution < 1.29 is 0 Å². The fourth-order valence-corrected chi connectivity index (χ4v) is 14.1. The second kappa shape index (κ2) is 18.5. The van der Waals surface area contributed by atoms with Gasteiger partial charge in [-0.05, 0) is 60.7 Å². The van der Waals surface area contributed by atoms with Crippen LogP contribution in [-0.4, -0.2) is 58.1 Å². The van der Waals surface area contributed by atoms with Gasteiger partial charge in [-0.15, -0.1) is 11.3 Å². The summed E-state index contributed by atoms with van der Waals surface area (Å²) in [6.45, 7) is 0. The number of benzene rings is 8. The minimum absolute atomic E-state index is 0.447. The summed E-state index contributed by atoms with van der Waals surface area (Å²) in [6.07, 6.45) is 15.6. The van der Waals surface area contributed by atoms with Crippen molar-refractivity contribution in [1.82, 2.24) is 58.1 Å². The Balaban J connectivity index is 1.22. The number of hydrogen-bond acceptors (Lipinski definition) is 9. The molecule has 10 heterocycles. The molecule has 0 saturated carbocycles. The predicted molar refractivity (Wildman–Crippen MR) is 343 cm³/mol. The van der Waals surface area contributed by atoms with Gasteiger partial charge in [0.15, 0.2) is 17.5 Å². The summed E-state index contributed by atoms with van der Waals surface area (Å²) in [4.78, 5) is 42.2. The number of thiazole rings is 1. The molecule has 0 N–H and O–H groups in total. The molecule has 0 atom stereocenters. The van der Waals surface area contributed by atoms with E-state index >= 15 is 0 Å². The van der Waals surface area contributed by atoms with Gasteiger partial charge in [0.1, 0.15) is 5.01 Å². The Hall–Kier alpha value is -11.5. The molecule has 0 aliphatic heterocycles. The van der Waals surface area contributed by atoms with E-state index in [-0.39, 0.29) is 0 Å². The molecular formula is C72H42N12S. The lowest BCUT2D eigenvalue weighted by molar-refractivity contribution is 1.01. The van der Waals surface area contributed by atoms with Crippen LogP contribution in [0.15, 0.2) is 256 Å². The third-order valence-corrected chi connectivity index (χ3v) is 17.7. The Bertz CT molecular complexity index is 5450. The van der Waals surface area contributed by atoms with Gasteiger partial charge in [-0.2, -0.15) is 0 Å². The highest BCUT2D eigenvalue weighted by molar-refractivity contribution is 7.21. The van der Waals surface area contributed by atoms with Crippen LogP contribution < -0.4 is 0 Å². The summed E-state index contributed by atoms with van der Waals surface area (Å²) in [5.74, 6) is 1.48. The molecule has 13 heteroatoms. The quantitative estimate of drug-likeness (QED) is 0.147. The van der Waals surface area contributed by atoms with Crippen molar-refractivity contribution in [3.05, 3.63) is 256 Å². The van der Waals surface area contributed by atoms with Gasteiger partial charge in [-0.3, -0.25) is 19.9 Å². The van der Waals surface area contributed by atoms with E-state index in [2.05, 4.69) is 188 Å². The van der Waals surface area contributed by atoms with Gasteiger partial charge < -0.3 is 18.3 Å². The zero-order valence-corrected chi connectivity index (χ0v) is 45.8. The zero-order valence-electron chi connectivity index (χ0n) is 45.0. The summed E-state index contributed by atoms with van der Waals surface area (Å²) in [5.41, 5.74) is 15.1. The van der Waals surface area contributed by atoms with E-state index in [4.69, 9.17) is 39.9 Å². The highest BCUT2D eigenvalue weighted by Gasteiger charge is 2.38. The van der Waals surface area contributed by atoms with Gasteiger partial charge >= 0.3 is 0 Å². The Morgan fingerprint density at radius 1 is 0.259 bits per heavy atom. The zero-order chi connectivity index (χ0) is 55.7. The van der Waals surface area contributed by atoms with Crippen molar-refractivity contribution in [3.8, 4) is 67.5 Å². The second-order valence-corrected chi connectivity index (χ2v) is 22.2. The standard InChI is InChI=1S/C72H42N12S/c1-3-17-43(18-4-1)69-78-70(44-19-5-2-6-20-44)80-71(79-69)63-64(72-77-53-25-11-16-30-62(53)85-72)66(82-55-27-13-8-22-46(55)50-40-74-36-32-59(50)82)68(84-57-29-15-10-24-48(57)52-42-76-38-34-61(52)84)67(83-56-28-14-9-23-47(56)51-41-75-37-33-60(51)83)65(63)81-54-26-12-7-21-45(54)49-39-73-35-31-58(49)81/h1-42H. The summed E-state index contributed by atoms with van der Waals surface area (Å²) >= 11 is 1.66. The summed E-state index contributed by atoms with van der Waals surface area (Å²) in [7, 11) is 0. The maximum Gasteiger partial charge on any atom is 0.167 e. The molecule has 0 aliphatic rings. The first-order valence-corrected chi connectivity index (χ1v) is 28.9. The number of rotatable bonds is 8. The van der Waals surface area contributed by atoms with Crippen LogP contribution in [0, 0.1) is 0 Å². The van der Waals surface area contributed by atoms with Crippen LogP contribution in [0.3, 0.4) is 0 Å². The lowest BCUT2D eigenvalue weighted by atomic mass is 9.96. The predicted octanol–water partition coefficient (Wildman–Crippen LogP) is 17.1. The number of aromatic nitrogens is 12. The molecule has 10 aromatic heterocycles. The summed E-state index contributed by atoms with van der Waals surface area (Å²) < 4.78 is 10.8. The van der Waals surface area contributed by atoms with Gasteiger partial charge in [0.05, 0.1) is 88.2 Å². The highest BCUT2D eigenvalue weighted by atomic mass is 32.1. The Kier molecular flexibility index (Phi) is 10.3. The molecular weight excluding hydrogens is 1060 g/mol. The average molecular weight is 1110 g/mol. The highest BCUT2D eigenvalue weighted by Crippen LogP contribution is 2.55. The van der Waals surface area contributed by atoms with Crippen molar-refractivity contribution in [2.45, 2.75) is 0 Å². The molecule has 0 amide bonds. The van der Waals surface area contributed by atoms with E-state index in [1.165, 1.54) is 0 Å². The molecule has 0 saturated heterocycles. The van der Waals surface area contributed by atoms with Gasteiger partial charge in [-0.25, -0.2) is 19.9 Å². The monoisotopic (exact) mass is 1110 g/mol. The van der Waals surface area contributed by atoms with E-state index < -0.39 is 0 Å². The first-order valence-electron chi connectivity index (χ1n) is 28.0. The van der Waals surface area contributed by atoms with Gasteiger partial charge in [0.25, 0.3) is 0 Å². The minimum atomic E-state index is 0.447. The molecule has 8 aromatic carbocycles. The average Bonchev–Trinajstić information content (AvgIpc) is 1.70. The second-order valence-electron chi connectivity index (χ2n) is 21.2. The normalized spacial score (nSPS) is 12.0. The SMILES string of the molecule is c1ccc(-c2nc(-c3ccccc3)nc(-c3c(-c4nc5ccccc5s4)c(-n4c5ccccc5c5cnccc54)c(-n4c5ccccc5c5cnccc54)c(-n4c5ccccc5c5cnccc54)c3-n3c4ccccc4c4cnccc43)n2)cc1. The smallest absolute Gasteiger partial charge is 0.167 e. The van der Waals surface area contributed by atoms with Crippen LogP contribution in [0.5, 0.6) is 0 Å². The number of nitrogens with zero attached hydrogens (tertiary/aromatic N) is 12. The molecule has 0 bridgehead atoms. The number of pyridine rings is 4. The number of hydrogen-bond donors (Lipinski definition) is 0. The van der Waals surface area contributed by atoms with Crippen LogP contribution in [-0.2, 0) is 0 Å². The Morgan fingerprint density at radius 2 is 0.588 bits per heavy atom. The Labute approximate surface area is 487 Å². The topological polar surface area (TPSA) is 123 Å². The van der Waals surface area contributed by atoms with Crippen LogP contribution in [0.2, 0.25) is 0 Å². The molecule has 396 valence electrons. The number of fused-ring (bicyclic) bond motifs is 13. The van der Waals surface area contributed by atoms with Crippen molar-refractivity contribution in [1.29, 1.82) is 0 Å². The van der Waals surface area contributed by atoms with E-state index in [0.29, 0.717) is 17.5 Å². The third-order valence-electron chi connectivity index (χ3n) is 16.6. The lowest BCUT2D eigenvalue weighted by Gasteiger charge is -2.30. The largest absolute Gasteiger partial charge is 0.306 e. The summed E-state index contributed by atoms with van der Waals surface area (Å²) in [5, 5.41) is 8.90. The van der Waals surface area contributed by atoms with Gasteiger partial charge in [0.2, 0.25) is 0 Å². The Morgan fingerprint density at radius 3 is 1.00 bits per heavy atom. The molecule has 0 spiro atoms. The van der Waals surface area contributed by atoms with Crippen LogP contribution in [0.4, 0.5) is 0 Å². The molecule has 18 aromatic rings. The lowest BCUT2D eigenvalue weighted by Crippen LogP contribution is -2.17. The molecule has 0 fully saturated rings. The molecule has 18 rings (SSSR count). The van der Waals surface area contributed by atoms with Crippen molar-refractivity contribution in [3.63, 3.8) is 0 Å². The molecule has 0 aliphatic carbocycles. The number of para-hydroxylation sites is 5. The van der Waals surface area contributed by atoms with Crippen LogP contribution in [0.25, 0.3) is 165 Å². The van der Waals surface area contributed by atoms with Crippen molar-refractivity contribution in [2.24, 2.45) is 0 Å². The van der Waals surface area contributed by atoms with E-state index in [1.807, 2.05) is 86.0 Å². The maximum atomic E-state index is 5.83. The first kappa shape index (κ1) is 47.1. The maximum absolute atomic E-state index is 5.83. The summed E-state index contributed by atoms with van der Waals surface area (Å²) in [6, 6.07) is 72.1. The fraction of sp³-hybridized carbons (Fsp3) is 0. The van der Waals surface area contributed by atoms with Crippen molar-refractivity contribution >= 4 is 109 Å². The molecule has 12 nitrogen and oxygen atoms in total. The van der Waals surface area contributed by atoms with Crippen LogP contribution in [0.1, 0.15) is 0 Å². The van der Waals surface area contributed by atoms with E-state index in [9.17, 15) is 0 Å². The fourth-order valence-electron chi connectivity index (χ4n) is 13.1. The van der Waals surface area contributed by atoms with Gasteiger partial charge in [0, 0.05) is 104 Å².